The van der Waals surface area contributed by atoms with E-state index in [9.17, 15) is 0 Å². The Morgan fingerprint density at radius 2 is 2.16 bits per heavy atom. The number of piperidine rings is 1. The number of pyridine rings is 1. The molecular formula is C15H25N3O. The van der Waals surface area contributed by atoms with Gasteiger partial charge in [0.1, 0.15) is 0 Å². The standard InChI is InChI=1S/C15H25N3O/c1-3-14(16-2)15-5-4-13(10-17-15)18-8-6-12(11-19)7-9-18/h4-5,10,12,14,16,19H,3,6-9,11H2,1-2H3. The second-order valence-electron chi connectivity index (χ2n) is 5.30. The van der Waals surface area contributed by atoms with Crippen LogP contribution in [0.1, 0.15) is 37.9 Å². The van der Waals surface area contributed by atoms with E-state index in [2.05, 4.69) is 34.3 Å². The van der Waals surface area contributed by atoms with Gasteiger partial charge in [-0.3, -0.25) is 4.98 Å². The fourth-order valence-corrected chi connectivity index (χ4v) is 2.73. The summed E-state index contributed by atoms with van der Waals surface area (Å²) in [6.45, 7) is 4.53. The first kappa shape index (κ1) is 14.3. The fraction of sp³-hybridized carbons (Fsp3) is 0.667. The molecule has 19 heavy (non-hydrogen) atoms. The summed E-state index contributed by atoms with van der Waals surface area (Å²) in [6.07, 6.45) is 5.18. The highest BCUT2D eigenvalue weighted by molar-refractivity contribution is 5.45. The number of aliphatic hydroxyl groups is 1. The molecule has 2 heterocycles. The number of aromatic nitrogens is 1. The van der Waals surface area contributed by atoms with Gasteiger partial charge >= 0.3 is 0 Å². The molecule has 1 unspecified atom stereocenters. The van der Waals surface area contributed by atoms with Crippen molar-refractivity contribution < 1.29 is 5.11 Å². The lowest BCUT2D eigenvalue weighted by Crippen LogP contribution is -2.34. The van der Waals surface area contributed by atoms with Gasteiger partial charge in [0.25, 0.3) is 0 Å². The predicted molar refractivity (Wildman–Crippen MR) is 78.4 cm³/mol. The minimum absolute atomic E-state index is 0.325. The smallest absolute Gasteiger partial charge is 0.0574 e. The normalized spacial score (nSPS) is 18.6. The molecule has 0 bridgehead atoms. The fourth-order valence-electron chi connectivity index (χ4n) is 2.73. The second kappa shape index (κ2) is 6.87. The minimum atomic E-state index is 0.325. The summed E-state index contributed by atoms with van der Waals surface area (Å²) in [5.41, 5.74) is 2.31. The van der Waals surface area contributed by atoms with Crippen LogP contribution in [0.2, 0.25) is 0 Å². The Balaban J connectivity index is 1.99. The molecule has 1 aromatic rings. The van der Waals surface area contributed by atoms with Crippen molar-refractivity contribution in [1.82, 2.24) is 10.3 Å². The van der Waals surface area contributed by atoms with E-state index in [0.29, 0.717) is 18.6 Å². The quantitative estimate of drug-likeness (QED) is 0.852. The van der Waals surface area contributed by atoms with Gasteiger partial charge in [-0.25, -0.2) is 0 Å². The molecule has 0 aliphatic carbocycles. The highest BCUT2D eigenvalue weighted by atomic mass is 16.3. The van der Waals surface area contributed by atoms with E-state index in [1.165, 1.54) is 5.69 Å². The molecule has 1 fully saturated rings. The molecular weight excluding hydrogens is 238 g/mol. The highest BCUT2D eigenvalue weighted by Gasteiger charge is 2.19. The molecule has 0 radical (unpaired) electrons. The topological polar surface area (TPSA) is 48.4 Å². The van der Waals surface area contributed by atoms with Crippen LogP contribution in [0.25, 0.3) is 0 Å². The molecule has 1 atom stereocenters. The van der Waals surface area contributed by atoms with Crippen molar-refractivity contribution in [3.8, 4) is 0 Å². The second-order valence-corrected chi connectivity index (χ2v) is 5.30. The van der Waals surface area contributed by atoms with Crippen molar-refractivity contribution in [3.63, 3.8) is 0 Å². The van der Waals surface area contributed by atoms with Gasteiger partial charge in [-0.15, -0.1) is 0 Å². The summed E-state index contributed by atoms with van der Waals surface area (Å²) in [5.74, 6) is 0.484. The third-order valence-corrected chi connectivity index (χ3v) is 4.12. The number of hydrogen-bond acceptors (Lipinski definition) is 4. The van der Waals surface area contributed by atoms with Crippen molar-refractivity contribution in [1.29, 1.82) is 0 Å². The van der Waals surface area contributed by atoms with E-state index in [4.69, 9.17) is 5.11 Å². The summed E-state index contributed by atoms with van der Waals surface area (Å²) in [7, 11) is 1.98. The first-order chi connectivity index (χ1) is 9.28. The summed E-state index contributed by atoms with van der Waals surface area (Å²) < 4.78 is 0. The summed E-state index contributed by atoms with van der Waals surface area (Å²) in [4.78, 5) is 6.95. The average Bonchev–Trinajstić information content (AvgIpc) is 2.49. The molecule has 4 heteroatoms. The van der Waals surface area contributed by atoms with Gasteiger partial charge in [-0.1, -0.05) is 6.92 Å². The van der Waals surface area contributed by atoms with Crippen LogP contribution in [-0.2, 0) is 0 Å². The van der Waals surface area contributed by atoms with Crippen LogP contribution in [0, 0.1) is 5.92 Å². The lowest BCUT2D eigenvalue weighted by Gasteiger charge is -2.32. The van der Waals surface area contributed by atoms with Crippen LogP contribution >= 0.6 is 0 Å². The summed E-state index contributed by atoms with van der Waals surface area (Å²) >= 11 is 0. The largest absolute Gasteiger partial charge is 0.396 e. The van der Waals surface area contributed by atoms with Gasteiger partial charge in [-0.2, -0.15) is 0 Å². The Hall–Kier alpha value is -1.13. The molecule has 1 aliphatic heterocycles. The Kier molecular flexibility index (Phi) is 5.16. The molecule has 0 saturated carbocycles. The van der Waals surface area contributed by atoms with E-state index < -0.39 is 0 Å². The maximum absolute atomic E-state index is 9.16. The van der Waals surface area contributed by atoms with Crippen molar-refractivity contribution in [2.24, 2.45) is 5.92 Å². The van der Waals surface area contributed by atoms with E-state index in [0.717, 1.165) is 38.0 Å². The predicted octanol–water partition coefficient (Wildman–Crippen LogP) is 1.96. The van der Waals surface area contributed by atoms with E-state index in [1.54, 1.807) is 0 Å². The third-order valence-electron chi connectivity index (χ3n) is 4.12. The van der Waals surface area contributed by atoms with Crippen LogP contribution in [0.5, 0.6) is 0 Å². The van der Waals surface area contributed by atoms with Gasteiger partial charge in [-0.05, 0) is 44.4 Å². The van der Waals surface area contributed by atoms with Gasteiger partial charge < -0.3 is 15.3 Å². The van der Waals surface area contributed by atoms with Crippen molar-refractivity contribution >= 4 is 5.69 Å². The Morgan fingerprint density at radius 3 is 2.63 bits per heavy atom. The maximum atomic E-state index is 9.16. The van der Waals surface area contributed by atoms with Crippen molar-refractivity contribution in [3.05, 3.63) is 24.0 Å². The van der Waals surface area contributed by atoms with E-state index >= 15 is 0 Å². The minimum Gasteiger partial charge on any atom is -0.396 e. The van der Waals surface area contributed by atoms with Crippen LogP contribution in [0.4, 0.5) is 5.69 Å². The van der Waals surface area contributed by atoms with Gasteiger partial charge in [0.15, 0.2) is 0 Å². The summed E-state index contributed by atoms with van der Waals surface area (Å²) in [6, 6.07) is 4.63. The molecule has 0 spiro atoms. The average molecular weight is 263 g/mol. The molecule has 4 nitrogen and oxygen atoms in total. The first-order valence-corrected chi connectivity index (χ1v) is 7.27. The van der Waals surface area contributed by atoms with Crippen LogP contribution in [-0.4, -0.2) is 36.8 Å². The molecule has 106 valence electrons. The third kappa shape index (κ3) is 3.45. The van der Waals surface area contributed by atoms with Crippen LogP contribution in [0.3, 0.4) is 0 Å². The molecule has 1 aliphatic rings. The molecule has 2 rings (SSSR count). The van der Waals surface area contributed by atoms with Crippen molar-refractivity contribution in [2.45, 2.75) is 32.2 Å². The zero-order chi connectivity index (χ0) is 13.7. The van der Waals surface area contributed by atoms with Crippen LogP contribution in [0.15, 0.2) is 18.3 Å². The Bertz CT molecular complexity index is 367. The number of nitrogens with one attached hydrogen (secondary N) is 1. The van der Waals surface area contributed by atoms with E-state index in [-0.39, 0.29) is 0 Å². The lowest BCUT2D eigenvalue weighted by atomic mass is 9.97. The van der Waals surface area contributed by atoms with Gasteiger partial charge in [0.05, 0.1) is 17.6 Å². The SMILES string of the molecule is CCC(NC)c1ccc(N2CCC(CO)CC2)cn1. The Labute approximate surface area is 115 Å². The molecule has 0 aromatic carbocycles. The Morgan fingerprint density at radius 1 is 1.42 bits per heavy atom. The molecule has 1 aromatic heterocycles. The van der Waals surface area contributed by atoms with Crippen LogP contribution < -0.4 is 10.2 Å². The van der Waals surface area contributed by atoms with Crippen molar-refractivity contribution in [2.75, 3.05) is 31.6 Å². The van der Waals surface area contributed by atoms with E-state index in [1.807, 2.05) is 13.2 Å². The lowest BCUT2D eigenvalue weighted by molar-refractivity contribution is 0.203. The first-order valence-electron chi connectivity index (χ1n) is 7.27. The number of rotatable bonds is 5. The zero-order valence-electron chi connectivity index (χ0n) is 12.0. The zero-order valence-corrected chi connectivity index (χ0v) is 12.0. The molecule has 2 N–H and O–H groups in total. The molecule has 1 saturated heterocycles. The number of hydrogen-bond donors (Lipinski definition) is 2. The molecule has 0 amide bonds. The maximum Gasteiger partial charge on any atom is 0.0574 e. The number of aliphatic hydroxyl groups excluding tert-OH is 1. The summed E-state index contributed by atoms with van der Waals surface area (Å²) in [5, 5.41) is 12.4. The number of anilines is 1. The highest BCUT2D eigenvalue weighted by Crippen LogP contribution is 2.23. The van der Waals surface area contributed by atoms with Gasteiger partial charge in [0.2, 0.25) is 0 Å². The van der Waals surface area contributed by atoms with Gasteiger partial charge in [0, 0.05) is 25.7 Å². The number of nitrogens with zero attached hydrogens (tertiary/aromatic N) is 2. The monoisotopic (exact) mass is 263 g/mol.